The van der Waals surface area contributed by atoms with Crippen molar-refractivity contribution in [2.24, 2.45) is 0 Å². The van der Waals surface area contributed by atoms with Crippen molar-refractivity contribution in [2.45, 2.75) is 42.6 Å². The summed E-state index contributed by atoms with van der Waals surface area (Å²) in [5, 5.41) is 0. The van der Waals surface area contributed by atoms with Crippen LogP contribution in [0.3, 0.4) is 0 Å². The summed E-state index contributed by atoms with van der Waals surface area (Å²) in [6.07, 6.45) is 4.60. The van der Waals surface area contributed by atoms with Crippen LogP contribution < -0.4 is 0 Å². The highest BCUT2D eigenvalue weighted by Crippen LogP contribution is 2.48. The molecule has 0 heterocycles. The zero-order valence-corrected chi connectivity index (χ0v) is 13.9. The quantitative estimate of drug-likeness (QED) is 0.544. The van der Waals surface area contributed by atoms with Gasteiger partial charge in [-0.3, -0.25) is 0 Å². The van der Waals surface area contributed by atoms with Gasteiger partial charge in [0.05, 0.1) is 16.1 Å². The molecular weight excluding hydrogens is 228 g/mol. The fourth-order valence-electron chi connectivity index (χ4n) is 2.43. The molecule has 0 saturated carbocycles. The zero-order chi connectivity index (χ0) is 10.9. The summed E-state index contributed by atoms with van der Waals surface area (Å²) in [7, 11) is -2.17. The maximum absolute atomic E-state index is 2.51. The maximum Gasteiger partial charge on any atom is 0.0713 e. The van der Waals surface area contributed by atoms with Gasteiger partial charge in [0.25, 0.3) is 0 Å². The lowest BCUT2D eigenvalue weighted by Gasteiger charge is -2.49. The summed E-state index contributed by atoms with van der Waals surface area (Å²) in [6.45, 7) is 15.1. The van der Waals surface area contributed by atoms with Gasteiger partial charge in [-0.25, -0.2) is 0 Å². The van der Waals surface area contributed by atoms with E-state index in [0.29, 0.717) is 3.33 Å². The first-order valence-corrected chi connectivity index (χ1v) is 14.2. The fourth-order valence-corrected chi connectivity index (χ4v) is 21.9. The summed E-state index contributed by atoms with van der Waals surface area (Å²) in [4.78, 5) is 0. The zero-order valence-electron chi connectivity index (χ0n) is 10.3. The minimum atomic E-state index is -1.08. The molecule has 0 radical (unpaired) electrons. The Morgan fingerprint density at radius 2 is 0.923 bits per heavy atom. The van der Waals surface area contributed by atoms with Crippen LogP contribution in [-0.2, 0) is 0 Å². The first-order valence-electron chi connectivity index (χ1n) is 4.72. The van der Waals surface area contributed by atoms with Crippen molar-refractivity contribution in [3.63, 3.8) is 0 Å². The van der Waals surface area contributed by atoms with Gasteiger partial charge in [0.1, 0.15) is 0 Å². The predicted octanol–water partition coefficient (Wildman–Crippen LogP) is 4.16. The van der Waals surface area contributed by atoms with E-state index in [1.54, 1.807) is 0 Å². The van der Waals surface area contributed by atoms with Gasteiger partial charge in [0.15, 0.2) is 0 Å². The molecule has 0 amide bonds. The van der Waals surface area contributed by atoms with E-state index in [9.17, 15) is 0 Å². The third-order valence-electron chi connectivity index (χ3n) is 2.55. The van der Waals surface area contributed by atoms with Gasteiger partial charge in [-0.2, -0.15) is 23.5 Å². The largest absolute Gasteiger partial charge is 0.154 e. The van der Waals surface area contributed by atoms with Crippen molar-refractivity contribution in [3.05, 3.63) is 0 Å². The van der Waals surface area contributed by atoms with E-state index in [0.717, 1.165) is 0 Å². The minimum absolute atomic E-state index is 0.569. The van der Waals surface area contributed by atoms with E-state index < -0.39 is 16.1 Å². The Kier molecular flexibility index (Phi) is 4.71. The average Bonchev–Trinajstić information content (AvgIpc) is 1.84. The van der Waals surface area contributed by atoms with Crippen LogP contribution in [0.5, 0.6) is 0 Å². The van der Waals surface area contributed by atoms with Crippen LogP contribution in [0.15, 0.2) is 0 Å². The van der Waals surface area contributed by atoms with E-state index in [4.69, 9.17) is 0 Å². The van der Waals surface area contributed by atoms with Crippen LogP contribution in [0.1, 0.15) is 0 Å². The topological polar surface area (TPSA) is 0 Å². The summed E-state index contributed by atoms with van der Waals surface area (Å²) < 4.78 is 0.569. The second-order valence-corrected chi connectivity index (χ2v) is 20.3. The molecule has 0 rings (SSSR count). The molecule has 0 atom stereocenters. The van der Waals surface area contributed by atoms with Gasteiger partial charge in [-0.1, -0.05) is 39.3 Å². The molecule has 0 saturated heterocycles. The molecule has 0 bridgehead atoms. The molecule has 0 nitrogen and oxygen atoms in total. The van der Waals surface area contributed by atoms with Crippen LogP contribution in [0, 0.1) is 0 Å². The summed E-state index contributed by atoms with van der Waals surface area (Å²) in [6, 6.07) is 0. The van der Waals surface area contributed by atoms with Crippen molar-refractivity contribution in [3.8, 4) is 0 Å². The lowest BCUT2D eigenvalue weighted by Crippen LogP contribution is -2.61. The Bertz CT molecular complexity index is 147. The minimum Gasteiger partial charge on any atom is -0.154 e. The summed E-state index contributed by atoms with van der Waals surface area (Å²) >= 11 is 4.24. The molecule has 0 aliphatic rings. The third kappa shape index (κ3) is 2.58. The molecule has 0 aromatic heterocycles. The van der Waals surface area contributed by atoms with Crippen molar-refractivity contribution >= 4 is 39.7 Å². The van der Waals surface area contributed by atoms with Crippen molar-refractivity contribution in [2.75, 3.05) is 12.5 Å². The van der Waals surface area contributed by atoms with Gasteiger partial charge in [0.2, 0.25) is 0 Å². The van der Waals surface area contributed by atoms with E-state index in [-0.39, 0.29) is 0 Å². The Labute approximate surface area is 94.7 Å². The smallest absolute Gasteiger partial charge is 0.0713 e. The molecule has 0 unspecified atom stereocenters. The van der Waals surface area contributed by atoms with Crippen molar-refractivity contribution in [1.82, 2.24) is 0 Å². The monoisotopic (exact) mass is 252 g/mol. The summed E-state index contributed by atoms with van der Waals surface area (Å²) in [5.41, 5.74) is 0. The Morgan fingerprint density at radius 3 is 0.923 bits per heavy atom. The van der Waals surface area contributed by atoms with Crippen LogP contribution >= 0.6 is 23.5 Å². The second-order valence-electron chi connectivity index (χ2n) is 5.52. The van der Waals surface area contributed by atoms with Crippen LogP contribution in [0.2, 0.25) is 39.3 Å². The highest BCUT2D eigenvalue weighted by molar-refractivity contribution is 8.23. The molecule has 0 aromatic rings. The van der Waals surface area contributed by atoms with Crippen molar-refractivity contribution in [1.29, 1.82) is 0 Å². The molecular formula is C9H24S2Si2. The molecule has 13 heavy (non-hydrogen) atoms. The number of hydrogen-bond acceptors (Lipinski definition) is 2. The van der Waals surface area contributed by atoms with Crippen molar-refractivity contribution < 1.29 is 0 Å². The first-order chi connectivity index (χ1) is 5.62. The van der Waals surface area contributed by atoms with Crippen LogP contribution in [0.25, 0.3) is 0 Å². The Morgan fingerprint density at radius 1 is 0.692 bits per heavy atom. The first kappa shape index (κ1) is 14.1. The molecule has 0 fully saturated rings. The van der Waals surface area contributed by atoms with E-state index >= 15 is 0 Å². The molecule has 4 heteroatoms. The Balaban J connectivity index is 5.17. The molecule has 0 spiro atoms. The van der Waals surface area contributed by atoms with Gasteiger partial charge >= 0.3 is 0 Å². The SMILES string of the molecule is CSC(SC)([Si](C)(C)C)[Si](C)(C)C. The summed E-state index contributed by atoms with van der Waals surface area (Å²) in [5.74, 6) is 0. The maximum atomic E-state index is 2.51. The molecule has 80 valence electrons. The lowest BCUT2D eigenvalue weighted by atomic mass is 11.7. The number of hydrogen-bond donors (Lipinski definition) is 0. The standard InChI is InChI=1S/C9H24S2Si2/c1-10-9(11-2,12(3,4)5)13(6,7)8/h1-8H3. The highest BCUT2D eigenvalue weighted by atomic mass is 32.2. The van der Waals surface area contributed by atoms with Gasteiger partial charge in [0, 0.05) is 3.33 Å². The normalized spacial score (nSPS) is 14.8. The Hall–Kier alpha value is 1.13. The van der Waals surface area contributed by atoms with E-state index in [1.165, 1.54) is 0 Å². The molecule has 0 aliphatic heterocycles. The van der Waals surface area contributed by atoms with E-state index in [2.05, 4.69) is 75.3 Å². The van der Waals surface area contributed by atoms with Gasteiger partial charge in [-0.15, -0.1) is 0 Å². The highest BCUT2D eigenvalue weighted by Gasteiger charge is 2.51. The average molecular weight is 253 g/mol. The second kappa shape index (κ2) is 4.33. The molecule has 0 aromatic carbocycles. The van der Waals surface area contributed by atoms with Crippen LogP contribution in [-0.4, -0.2) is 32.0 Å². The lowest BCUT2D eigenvalue weighted by molar-refractivity contribution is 1.40. The fraction of sp³-hybridized carbons (Fsp3) is 1.00. The number of rotatable bonds is 4. The van der Waals surface area contributed by atoms with E-state index in [1.807, 2.05) is 0 Å². The third-order valence-corrected chi connectivity index (χ3v) is 22.9. The molecule has 0 N–H and O–H groups in total. The van der Waals surface area contributed by atoms with Crippen LogP contribution in [0.4, 0.5) is 0 Å². The predicted molar refractivity (Wildman–Crippen MR) is 76.5 cm³/mol. The van der Waals surface area contributed by atoms with Gasteiger partial charge in [-0.05, 0) is 12.5 Å². The molecule has 0 aliphatic carbocycles. The van der Waals surface area contributed by atoms with Gasteiger partial charge < -0.3 is 0 Å². The number of thioether (sulfide) groups is 2.